The smallest absolute Gasteiger partial charge is 0.128 e. The molecule has 0 spiro atoms. The molecule has 1 aromatic heterocycles. The van der Waals surface area contributed by atoms with Crippen LogP contribution in [0.2, 0.25) is 0 Å². The van der Waals surface area contributed by atoms with Crippen LogP contribution in [0.25, 0.3) is 0 Å². The maximum Gasteiger partial charge on any atom is 0.128 e. The first-order valence-electron chi connectivity index (χ1n) is 7.12. The predicted octanol–water partition coefficient (Wildman–Crippen LogP) is 2.99. The van der Waals surface area contributed by atoms with Crippen LogP contribution in [0.15, 0.2) is 18.3 Å². The van der Waals surface area contributed by atoms with E-state index in [1.54, 1.807) is 0 Å². The molecule has 100 valence electrons. The zero-order valence-corrected chi connectivity index (χ0v) is 11.8. The van der Waals surface area contributed by atoms with Crippen LogP contribution in [0.4, 0.5) is 5.82 Å². The highest BCUT2D eigenvalue weighted by molar-refractivity contribution is 5.42. The van der Waals surface area contributed by atoms with Gasteiger partial charge in [0.1, 0.15) is 5.82 Å². The van der Waals surface area contributed by atoms with E-state index in [2.05, 4.69) is 41.2 Å². The van der Waals surface area contributed by atoms with Gasteiger partial charge in [0.05, 0.1) is 0 Å². The van der Waals surface area contributed by atoms with Crippen molar-refractivity contribution in [1.29, 1.82) is 0 Å². The lowest BCUT2D eigenvalue weighted by molar-refractivity contribution is 0.403. The Bertz CT molecular complexity index is 378. The summed E-state index contributed by atoms with van der Waals surface area (Å²) in [6.07, 6.45) is 5.89. The number of aromatic nitrogens is 1. The van der Waals surface area contributed by atoms with Gasteiger partial charge in [0.2, 0.25) is 0 Å². The van der Waals surface area contributed by atoms with Crippen molar-refractivity contribution in [3.63, 3.8) is 0 Å². The van der Waals surface area contributed by atoms with Crippen molar-refractivity contribution >= 4 is 5.82 Å². The van der Waals surface area contributed by atoms with Gasteiger partial charge < -0.3 is 10.2 Å². The number of piperidine rings is 1. The Hall–Kier alpha value is -1.09. The monoisotopic (exact) mass is 247 g/mol. The summed E-state index contributed by atoms with van der Waals surface area (Å²) in [5, 5.41) is 3.29. The van der Waals surface area contributed by atoms with Crippen LogP contribution in [0.5, 0.6) is 0 Å². The Morgan fingerprint density at radius 1 is 1.56 bits per heavy atom. The van der Waals surface area contributed by atoms with E-state index in [0.717, 1.165) is 18.3 Å². The second-order valence-electron chi connectivity index (χ2n) is 5.32. The first kappa shape index (κ1) is 13.3. The van der Waals surface area contributed by atoms with Gasteiger partial charge in [-0.2, -0.15) is 0 Å². The lowest BCUT2D eigenvalue weighted by Gasteiger charge is -2.33. The minimum absolute atomic E-state index is 0.388. The summed E-state index contributed by atoms with van der Waals surface area (Å²) in [4.78, 5) is 6.99. The molecule has 1 aliphatic heterocycles. The van der Waals surface area contributed by atoms with Crippen LogP contribution in [-0.2, 0) is 0 Å². The number of rotatable bonds is 4. The zero-order valence-electron chi connectivity index (χ0n) is 11.8. The number of hydrogen-bond acceptors (Lipinski definition) is 3. The molecule has 1 saturated heterocycles. The molecule has 0 radical (unpaired) electrons. The molecular weight excluding hydrogens is 222 g/mol. The Morgan fingerprint density at radius 2 is 2.39 bits per heavy atom. The molecule has 1 aliphatic rings. The zero-order chi connectivity index (χ0) is 13.0. The second-order valence-corrected chi connectivity index (χ2v) is 5.32. The lowest BCUT2D eigenvalue weighted by Crippen LogP contribution is -2.35. The summed E-state index contributed by atoms with van der Waals surface area (Å²) in [5.41, 5.74) is 1.32. The fourth-order valence-corrected chi connectivity index (χ4v) is 2.65. The van der Waals surface area contributed by atoms with Crippen molar-refractivity contribution in [1.82, 2.24) is 10.3 Å². The SMILES string of the molecule is CCC1CCCN(c2cc(C(C)NC)ccn2)C1. The van der Waals surface area contributed by atoms with Crippen LogP contribution in [0, 0.1) is 5.92 Å². The van der Waals surface area contributed by atoms with Gasteiger partial charge >= 0.3 is 0 Å². The predicted molar refractivity (Wildman–Crippen MR) is 76.9 cm³/mol. The van der Waals surface area contributed by atoms with E-state index in [9.17, 15) is 0 Å². The molecule has 1 aromatic rings. The second kappa shape index (κ2) is 6.19. The van der Waals surface area contributed by atoms with Gasteiger partial charge in [0.25, 0.3) is 0 Å². The third kappa shape index (κ3) is 3.02. The molecule has 0 saturated carbocycles. The molecular formula is C15H25N3. The summed E-state index contributed by atoms with van der Waals surface area (Å²) >= 11 is 0. The number of nitrogens with one attached hydrogen (secondary N) is 1. The first-order chi connectivity index (χ1) is 8.74. The van der Waals surface area contributed by atoms with Crippen molar-refractivity contribution in [3.05, 3.63) is 23.9 Å². The van der Waals surface area contributed by atoms with Gasteiger partial charge in [-0.25, -0.2) is 4.98 Å². The van der Waals surface area contributed by atoms with Gasteiger partial charge in [-0.05, 0) is 50.4 Å². The number of hydrogen-bond donors (Lipinski definition) is 1. The molecule has 1 fully saturated rings. The molecule has 2 atom stereocenters. The molecule has 0 aliphatic carbocycles. The lowest BCUT2D eigenvalue weighted by atomic mass is 9.95. The average Bonchev–Trinajstić information content (AvgIpc) is 2.46. The third-order valence-corrected chi connectivity index (χ3v) is 4.12. The maximum atomic E-state index is 4.55. The summed E-state index contributed by atoms with van der Waals surface area (Å²) in [6.45, 7) is 6.80. The van der Waals surface area contributed by atoms with E-state index in [1.165, 1.54) is 31.4 Å². The van der Waals surface area contributed by atoms with Crippen molar-refractivity contribution in [2.75, 3.05) is 25.0 Å². The first-order valence-corrected chi connectivity index (χ1v) is 7.12. The van der Waals surface area contributed by atoms with E-state index in [0.29, 0.717) is 6.04 Å². The van der Waals surface area contributed by atoms with E-state index in [-0.39, 0.29) is 0 Å². The Labute approximate surface area is 111 Å². The van der Waals surface area contributed by atoms with Crippen LogP contribution in [-0.4, -0.2) is 25.1 Å². The minimum atomic E-state index is 0.388. The molecule has 3 heteroatoms. The van der Waals surface area contributed by atoms with E-state index >= 15 is 0 Å². The minimum Gasteiger partial charge on any atom is -0.356 e. The van der Waals surface area contributed by atoms with Gasteiger partial charge in [-0.15, -0.1) is 0 Å². The highest BCUT2D eigenvalue weighted by Crippen LogP contribution is 2.25. The van der Waals surface area contributed by atoms with Gasteiger partial charge in [-0.1, -0.05) is 13.3 Å². The maximum absolute atomic E-state index is 4.55. The molecule has 0 amide bonds. The van der Waals surface area contributed by atoms with Crippen LogP contribution >= 0.6 is 0 Å². The van der Waals surface area contributed by atoms with Gasteiger partial charge in [0.15, 0.2) is 0 Å². The Morgan fingerprint density at radius 3 is 3.11 bits per heavy atom. The van der Waals surface area contributed by atoms with E-state index in [1.807, 2.05) is 13.2 Å². The van der Waals surface area contributed by atoms with Crippen molar-refractivity contribution in [2.45, 2.75) is 39.2 Å². The third-order valence-electron chi connectivity index (χ3n) is 4.12. The molecule has 1 N–H and O–H groups in total. The molecule has 18 heavy (non-hydrogen) atoms. The molecule has 0 bridgehead atoms. The number of anilines is 1. The number of nitrogens with zero attached hydrogens (tertiary/aromatic N) is 2. The molecule has 2 rings (SSSR count). The van der Waals surface area contributed by atoms with Crippen LogP contribution in [0.3, 0.4) is 0 Å². The quantitative estimate of drug-likeness (QED) is 0.886. The molecule has 3 nitrogen and oxygen atoms in total. The van der Waals surface area contributed by atoms with E-state index < -0.39 is 0 Å². The largest absolute Gasteiger partial charge is 0.356 e. The van der Waals surface area contributed by atoms with Crippen LogP contribution < -0.4 is 10.2 Å². The summed E-state index contributed by atoms with van der Waals surface area (Å²) < 4.78 is 0. The summed E-state index contributed by atoms with van der Waals surface area (Å²) in [6, 6.07) is 4.73. The molecule has 2 heterocycles. The van der Waals surface area contributed by atoms with Gasteiger partial charge in [0, 0.05) is 25.3 Å². The standard InChI is InChI=1S/C15H25N3/c1-4-13-6-5-9-18(11-13)15-10-14(7-8-17-15)12(2)16-3/h7-8,10,12-13,16H,4-6,9,11H2,1-3H3. The van der Waals surface area contributed by atoms with Gasteiger partial charge in [-0.3, -0.25) is 0 Å². The summed E-state index contributed by atoms with van der Waals surface area (Å²) in [7, 11) is 2.00. The van der Waals surface area contributed by atoms with Crippen molar-refractivity contribution in [3.8, 4) is 0 Å². The Kier molecular flexibility index (Phi) is 4.59. The Balaban J connectivity index is 2.12. The summed E-state index contributed by atoms with van der Waals surface area (Å²) in [5.74, 6) is 1.98. The van der Waals surface area contributed by atoms with Crippen molar-refractivity contribution in [2.24, 2.45) is 5.92 Å². The van der Waals surface area contributed by atoms with E-state index in [4.69, 9.17) is 0 Å². The highest BCUT2D eigenvalue weighted by atomic mass is 15.2. The van der Waals surface area contributed by atoms with Crippen molar-refractivity contribution < 1.29 is 0 Å². The highest BCUT2D eigenvalue weighted by Gasteiger charge is 2.19. The molecule has 2 unspecified atom stereocenters. The average molecular weight is 247 g/mol. The van der Waals surface area contributed by atoms with Crippen LogP contribution in [0.1, 0.15) is 44.7 Å². The molecule has 0 aromatic carbocycles. The normalized spacial score (nSPS) is 21.9. The number of pyridine rings is 1. The topological polar surface area (TPSA) is 28.2 Å². The fraction of sp³-hybridized carbons (Fsp3) is 0.667. The fourth-order valence-electron chi connectivity index (χ4n) is 2.65.